The quantitative estimate of drug-likeness (QED) is 0.544. The number of nitrogens with zero attached hydrogens (tertiary/aromatic N) is 1. The molecule has 2 aliphatic rings. The number of rotatable bonds is 7. The van der Waals surface area contributed by atoms with Crippen molar-refractivity contribution in [3.8, 4) is 5.75 Å². The first-order chi connectivity index (χ1) is 15.5. The smallest absolute Gasteiger partial charge is 0.328 e. The zero-order valence-electron chi connectivity index (χ0n) is 18.9. The maximum Gasteiger partial charge on any atom is 0.328 e. The number of amides is 3. The molecule has 32 heavy (non-hydrogen) atoms. The summed E-state index contributed by atoms with van der Waals surface area (Å²) in [5.74, 6) is -0.198. The molecule has 1 saturated heterocycles. The van der Waals surface area contributed by atoms with Crippen LogP contribution in [0.4, 0.5) is 4.79 Å². The van der Waals surface area contributed by atoms with Crippen LogP contribution in [0.25, 0.3) is 0 Å². The van der Waals surface area contributed by atoms with E-state index in [-0.39, 0.29) is 24.4 Å². The number of esters is 1. The van der Waals surface area contributed by atoms with Crippen LogP contribution in [0.15, 0.2) is 24.3 Å². The molecule has 1 aromatic rings. The van der Waals surface area contributed by atoms with Gasteiger partial charge in [-0.15, -0.1) is 0 Å². The van der Waals surface area contributed by atoms with Crippen molar-refractivity contribution < 1.29 is 23.9 Å². The number of hydrogen-bond donors (Lipinski definition) is 3. The summed E-state index contributed by atoms with van der Waals surface area (Å²) < 4.78 is 10.1. The van der Waals surface area contributed by atoms with Crippen LogP contribution in [0.5, 0.6) is 5.75 Å². The molecular formula is C23H34N4O5. The highest BCUT2D eigenvalue weighted by Gasteiger charge is 2.35. The summed E-state index contributed by atoms with van der Waals surface area (Å²) in [4.78, 5) is 40.0. The molecule has 0 spiro atoms. The van der Waals surface area contributed by atoms with Crippen molar-refractivity contribution in [2.75, 3.05) is 33.9 Å². The number of hydrogen-bond acceptors (Lipinski definition) is 6. The molecule has 1 heterocycles. The Bertz CT molecular complexity index is 779. The standard InChI is InChI=1S/C23H34N4O5/c1-31-18-10-8-16(9-11-18)14-19(22(29)32-2)26-21(28)20-15-24-12-13-27(20)23(30)25-17-6-4-3-5-7-17/h8-11,17,19-20,24H,3-7,12-15H2,1-2H3,(H,25,30)(H,26,28)/t19-,20+/m0/s1. The fraction of sp³-hybridized carbons (Fsp3) is 0.609. The van der Waals surface area contributed by atoms with Gasteiger partial charge in [0.25, 0.3) is 0 Å². The number of benzene rings is 1. The molecule has 3 rings (SSSR count). The first-order valence-corrected chi connectivity index (χ1v) is 11.3. The van der Waals surface area contributed by atoms with Crippen LogP contribution in [0.3, 0.4) is 0 Å². The van der Waals surface area contributed by atoms with E-state index >= 15 is 0 Å². The number of urea groups is 1. The minimum absolute atomic E-state index is 0.160. The van der Waals surface area contributed by atoms with Gasteiger partial charge in [0.05, 0.1) is 14.2 Å². The van der Waals surface area contributed by atoms with Gasteiger partial charge in [-0.3, -0.25) is 4.79 Å². The predicted octanol–water partition coefficient (Wildman–Crippen LogP) is 1.21. The van der Waals surface area contributed by atoms with Gasteiger partial charge in [-0.25, -0.2) is 9.59 Å². The second-order valence-electron chi connectivity index (χ2n) is 8.33. The van der Waals surface area contributed by atoms with Crippen LogP contribution in [0.2, 0.25) is 0 Å². The molecule has 0 aromatic heterocycles. The lowest BCUT2D eigenvalue weighted by molar-refractivity contribution is -0.145. The maximum atomic E-state index is 13.1. The Morgan fingerprint density at radius 1 is 1.12 bits per heavy atom. The molecule has 1 aliphatic heterocycles. The van der Waals surface area contributed by atoms with Gasteiger partial charge in [0.1, 0.15) is 17.8 Å². The summed E-state index contributed by atoms with van der Waals surface area (Å²) in [6.07, 6.45) is 5.65. The van der Waals surface area contributed by atoms with E-state index in [4.69, 9.17) is 9.47 Å². The Balaban J connectivity index is 1.65. The van der Waals surface area contributed by atoms with Crippen LogP contribution >= 0.6 is 0 Å². The Labute approximate surface area is 189 Å². The third-order valence-corrected chi connectivity index (χ3v) is 6.14. The fourth-order valence-electron chi connectivity index (χ4n) is 4.29. The number of methoxy groups -OCH3 is 2. The van der Waals surface area contributed by atoms with Gasteiger partial charge in [-0.2, -0.15) is 0 Å². The SMILES string of the molecule is COC(=O)[C@H](Cc1ccc(OC)cc1)NC(=O)[C@H]1CNCCN1C(=O)NC1CCCCC1. The predicted molar refractivity (Wildman–Crippen MR) is 119 cm³/mol. The second kappa shape index (κ2) is 11.7. The van der Waals surface area contributed by atoms with Crippen molar-refractivity contribution in [3.05, 3.63) is 29.8 Å². The Hall–Kier alpha value is -2.81. The van der Waals surface area contributed by atoms with E-state index in [2.05, 4.69) is 16.0 Å². The Morgan fingerprint density at radius 2 is 1.84 bits per heavy atom. The van der Waals surface area contributed by atoms with E-state index < -0.39 is 18.1 Å². The molecule has 176 valence electrons. The molecular weight excluding hydrogens is 412 g/mol. The first-order valence-electron chi connectivity index (χ1n) is 11.3. The van der Waals surface area contributed by atoms with Gasteiger partial charge in [0.2, 0.25) is 5.91 Å². The molecule has 3 amide bonds. The monoisotopic (exact) mass is 446 g/mol. The van der Waals surface area contributed by atoms with Crippen molar-refractivity contribution in [3.63, 3.8) is 0 Å². The zero-order chi connectivity index (χ0) is 22.9. The van der Waals surface area contributed by atoms with Crippen molar-refractivity contribution in [1.82, 2.24) is 20.9 Å². The van der Waals surface area contributed by atoms with Crippen molar-refractivity contribution in [2.24, 2.45) is 0 Å². The van der Waals surface area contributed by atoms with E-state index in [1.807, 2.05) is 12.1 Å². The van der Waals surface area contributed by atoms with Crippen LogP contribution < -0.4 is 20.7 Å². The zero-order valence-corrected chi connectivity index (χ0v) is 18.9. The molecule has 9 heteroatoms. The number of nitrogens with one attached hydrogen (secondary N) is 3. The third-order valence-electron chi connectivity index (χ3n) is 6.14. The minimum Gasteiger partial charge on any atom is -0.497 e. The molecule has 3 N–H and O–H groups in total. The molecule has 0 radical (unpaired) electrons. The fourth-order valence-corrected chi connectivity index (χ4v) is 4.29. The molecule has 2 fully saturated rings. The molecule has 1 aromatic carbocycles. The van der Waals surface area contributed by atoms with Crippen LogP contribution in [-0.2, 0) is 20.7 Å². The Morgan fingerprint density at radius 3 is 2.50 bits per heavy atom. The lowest BCUT2D eigenvalue weighted by Gasteiger charge is -2.37. The maximum absolute atomic E-state index is 13.1. The normalized spacial score (nSPS) is 20.2. The molecule has 2 atom stereocenters. The third kappa shape index (κ3) is 6.35. The van der Waals surface area contributed by atoms with Crippen LogP contribution in [-0.4, -0.2) is 74.8 Å². The van der Waals surface area contributed by atoms with E-state index in [0.29, 0.717) is 25.4 Å². The summed E-state index contributed by atoms with van der Waals surface area (Å²) >= 11 is 0. The number of piperazine rings is 1. The van der Waals surface area contributed by atoms with Crippen LogP contribution in [0, 0.1) is 0 Å². The summed E-state index contributed by atoms with van der Waals surface area (Å²) in [6.45, 7) is 1.38. The number of carbonyl (C=O) groups excluding carboxylic acids is 3. The lowest BCUT2D eigenvalue weighted by atomic mass is 9.96. The number of carbonyl (C=O) groups is 3. The van der Waals surface area contributed by atoms with Gasteiger partial charge in [-0.05, 0) is 30.5 Å². The largest absolute Gasteiger partial charge is 0.497 e. The van der Waals surface area contributed by atoms with E-state index in [1.54, 1.807) is 24.1 Å². The van der Waals surface area contributed by atoms with Crippen molar-refractivity contribution in [1.29, 1.82) is 0 Å². The molecule has 1 saturated carbocycles. The van der Waals surface area contributed by atoms with Gasteiger partial charge >= 0.3 is 12.0 Å². The second-order valence-corrected chi connectivity index (χ2v) is 8.33. The highest BCUT2D eigenvalue weighted by Crippen LogP contribution is 2.18. The van der Waals surface area contributed by atoms with Gasteiger partial charge < -0.3 is 30.3 Å². The topological polar surface area (TPSA) is 109 Å². The summed E-state index contributed by atoms with van der Waals surface area (Å²) in [7, 11) is 2.88. The van der Waals surface area contributed by atoms with Crippen molar-refractivity contribution in [2.45, 2.75) is 56.7 Å². The van der Waals surface area contributed by atoms with Gasteiger partial charge in [0, 0.05) is 32.1 Å². The summed E-state index contributed by atoms with van der Waals surface area (Å²) in [5.41, 5.74) is 0.857. The summed E-state index contributed by atoms with van der Waals surface area (Å²) in [6, 6.07) is 5.67. The van der Waals surface area contributed by atoms with E-state index in [1.165, 1.54) is 13.5 Å². The highest BCUT2D eigenvalue weighted by molar-refractivity contribution is 5.91. The average molecular weight is 447 g/mol. The highest BCUT2D eigenvalue weighted by atomic mass is 16.5. The Kier molecular flexibility index (Phi) is 8.72. The number of ether oxygens (including phenoxy) is 2. The van der Waals surface area contributed by atoms with E-state index in [0.717, 1.165) is 31.2 Å². The minimum atomic E-state index is -0.855. The van der Waals surface area contributed by atoms with Gasteiger partial charge in [0.15, 0.2) is 0 Å². The molecule has 0 unspecified atom stereocenters. The van der Waals surface area contributed by atoms with E-state index in [9.17, 15) is 14.4 Å². The van der Waals surface area contributed by atoms with Gasteiger partial charge in [-0.1, -0.05) is 31.4 Å². The molecule has 9 nitrogen and oxygen atoms in total. The van der Waals surface area contributed by atoms with Crippen LogP contribution in [0.1, 0.15) is 37.7 Å². The first kappa shape index (κ1) is 23.8. The summed E-state index contributed by atoms with van der Waals surface area (Å²) in [5, 5.41) is 9.05. The molecule has 1 aliphatic carbocycles. The van der Waals surface area contributed by atoms with Crippen molar-refractivity contribution >= 4 is 17.9 Å². The molecule has 0 bridgehead atoms. The lowest BCUT2D eigenvalue weighted by Crippen LogP contribution is -2.63. The average Bonchev–Trinajstić information content (AvgIpc) is 2.84.